The smallest absolute Gasteiger partial charge is 0.297 e. The summed E-state index contributed by atoms with van der Waals surface area (Å²) < 4.78 is 26.7. The van der Waals surface area contributed by atoms with E-state index in [9.17, 15) is 2.74 Å². The monoisotopic (exact) mass is 786 g/mol. The van der Waals surface area contributed by atoms with E-state index < -0.39 is 16.1 Å². The number of nitrogens with zero attached hydrogens (tertiary/aromatic N) is 2. The summed E-state index contributed by atoms with van der Waals surface area (Å²) in [6.07, 6.45) is 2.27. The molecule has 5 aromatic carbocycles. The van der Waals surface area contributed by atoms with E-state index in [-0.39, 0.29) is 23.0 Å². The molecule has 0 unspecified atom stereocenters. The van der Waals surface area contributed by atoms with Crippen LogP contribution < -0.4 is 36.8 Å². The Morgan fingerprint density at radius 3 is 1.81 bits per heavy atom. The molecule has 6 aromatic rings. The molecule has 0 fully saturated rings. The Morgan fingerprint density at radius 1 is 0.667 bits per heavy atom. The lowest BCUT2D eigenvalue weighted by Crippen LogP contribution is -2.61. The van der Waals surface area contributed by atoms with Gasteiger partial charge in [-0.2, -0.15) is 0 Å². The summed E-state index contributed by atoms with van der Waals surface area (Å²) >= 11 is 0. The van der Waals surface area contributed by atoms with Gasteiger partial charge in [-0.05, 0) is 124 Å². The first-order valence-corrected chi connectivity index (χ1v) is 28.1. The molecule has 3 aliphatic rings. The van der Waals surface area contributed by atoms with E-state index >= 15 is 0 Å². The van der Waals surface area contributed by atoms with Crippen LogP contribution >= 0.6 is 0 Å². The maximum atomic E-state index is 9.74. The number of anilines is 6. The first-order chi connectivity index (χ1) is 27.4. The third-order valence-corrected chi connectivity index (χ3v) is 17.5. The minimum absolute atomic E-state index is 0.0114. The van der Waals surface area contributed by atoms with Crippen molar-refractivity contribution in [2.75, 3.05) is 9.80 Å². The molecule has 57 heavy (non-hydrogen) atoms. The highest BCUT2D eigenvalue weighted by Crippen LogP contribution is 2.51. The molecule has 0 atom stereocenters. The van der Waals surface area contributed by atoms with Crippen LogP contribution in [-0.4, -0.2) is 22.9 Å². The van der Waals surface area contributed by atoms with E-state index in [0.29, 0.717) is 17.8 Å². The SMILES string of the molecule is [2H]c1cc([Si](C)(C)C)cc([2H])c1N1c2cc(C)cc3c2B(c2cc4c(cc2N3c2ccc([Si](C)(C)C)cc2)C(C)(C)CCC4(C)C)c2oc3ccc(C(C)(C)C)cc3c21. The van der Waals surface area contributed by atoms with Gasteiger partial charge in [0.2, 0.25) is 0 Å². The Morgan fingerprint density at radius 2 is 1.23 bits per heavy atom. The molecule has 0 bridgehead atoms. The van der Waals surface area contributed by atoms with E-state index in [1.165, 1.54) is 38.5 Å². The van der Waals surface area contributed by atoms with Crippen molar-refractivity contribution in [3.8, 4) is 0 Å². The normalized spacial score (nSPS) is 17.5. The molecule has 0 saturated carbocycles. The highest BCUT2D eigenvalue weighted by molar-refractivity contribution is 7.00. The molecular formula is C51H61BN2OSi2. The van der Waals surface area contributed by atoms with Crippen LogP contribution in [0.1, 0.15) is 86.3 Å². The molecule has 0 amide bonds. The minimum Gasteiger partial charge on any atom is -0.468 e. The molecule has 9 rings (SSSR count). The van der Waals surface area contributed by atoms with Gasteiger partial charge in [-0.1, -0.05) is 135 Å². The van der Waals surface area contributed by atoms with Crippen molar-refractivity contribution in [2.45, 2.75) is 124 Å². The lowest BCUT2D eigenvalue weighted by atomic mass is 9.35. The summed E-state index contributed by atoms with van der Waals surface area (Å²) in [6, 6.07) is 30.6. The number of benzene rings is 5. The number of furan rings is 1. The highest BCUT2D eigenvalue weighted by atomic mass is 28.3. The summed E-state index contributed by atoms with van der Waals surface area (Å²) in [5.74, 6) is 0. The van der Waals surface area contributed by atoms with Crippen LogP contribution in [0.4, 0.5) is 34.1 Å². The number of rotatable bonds is 4. The lowest BCUT2D eigenvalue weighted by Gasteiger charge is -2.46. The van der Waals surface area contributed by atoms with Crippen molar-refractivity contribution in [2.24, 2.45) is 0 Å². The van der Waals surface area contributed by atoms with Crippen molar-refractivity contribution < 1.29 is 7.16 Å². The summed E-state index contributed by atoms with van der Waals surface area (Å²) in [5.41, 5.74) is 15.4. The molecule has 3 heterocycles. The Hall–Kier alpha value is -4.26. The van der Waals surface area contributed by atoms with Gasteiger partial charge in [0.05, 0.1) is 30.2 Å². The Balaban J connectivity index is 1.43. The first kappa shape index (κ1) is 35.9. The fourth-order valence-electron chi connectivity index (χ4n) is 9.70. The Kier molecular flexibility index (Phi) is 7.79. The van der Waals surface area contributed by atoms with Crippen molar-refractivity contribution >= 4 is 94.9 Å². The number of aryl methyl sites for hydroxylation is 1. The average molecular weight is 787 g/mol. The summed E-state index contributed by atoms with van der Waals surface area (Å²) in [5, 5.41) is 3.60. The van der Waals surface area contributed by atoms with Crippen LogP contribution in [0.5, 0.6) is 0 Å². The van der Waals surface area contributed by atoms with Crippen LogP contribution in [0.25, 0.3) is 11.0 Å². The lowest BCUT2D eigenvalue weighted by molar-refractivity contribution is 0.332. The average Bonchev–Trinajstić information content (AvgIpc) is 3.51. The zero-order valence-electron chi connectivity index (χ0n) is 38.8. The summed E-state index contributed by atoms with van der Waals surface area (Å²) in [4.78, 5) is 4.77. The third kappa shape index (κ3) is 6.03. The predicted octanol–water partition coefficient (Wildman–Crippen LogP) is 11.6. The maximum absolute atomic E-state index is 9.74. The number of fused-ring (bicyclic) bond motifs is 7. The van der Waals surface area contributed by atoms with Gasteiger partial charge in [-0.25, -0.2) is 0 Å². The van der Waals surface area contributed by atoms with Gasteiger partial charge in [0.15, 0.2) is 0 Å². The number of hydrogen-bond acceptors (Lipinski definition) is 3. The highest BCUT2D eigenvalue weighted by Gasteiger charge is 2.49. The molecule has 0 spiro atoms. The molecule has 1 aromatic heterocycles. The van der Waals surface area contributed by atoms with Crippen molar-refractivity contribution in [3.63, 3.8) is 0 Å². The van der Waals surface area contributed by atoms with E-state index in [0.717, 1.165) is 63.0 Å². The van der Waals surface area contributed by atoms with Gasteiger partial charge in [-0.3, -0.25) is 0 Å². The second kappa shape index (κ2) is 12.4. The van der Waals surface area contributed by atoms with Crippen molar-refractivity contribution in [1.82, 2.24) is 0 Å². The van der Waals surface area contributed by atoms with E-state index in [2.05, 4.69) is 171 Å². The number of hydrogen-bond donors (Lipinski definition) is 0. The van der Waals surface area contributed by atoms with Gasteiger partial charge in [0.1, 0.15) is 5.58 Å². The molecule has 0 N–H and O–H groups in total. The topological polar surface area (TPSA) is 19.6 Å². The first-order valence-electron chi connectivity index (χ1n) is 22.1. The minimum atomic E-state index is -1.81. The quantitative estimate of drug-likeness (QED) is 0.166. The maximum Gasteiger partial charge on any atom is 0.297 e. The van der Waals surface area contributed by atoms with E-state index in [1.54, 1.807) is 0 Å². The molecule has 292 valence electrons. The van der Waals surface area contributed by atoms with Crippen molar-refractivity contribution in [3.05, 3.63) is 113 Å². The van der Waals surface area contributed by atoms with Gasteiger partial charge in [0.25, 0.3) is 6.71 Å². The molecule has 6 heteroatoms. The molecule has 0 saturated heterocycles. The van der Waals surface area contributed by atoms with Crippen molar-refractivity contribution in [1.29, 1.82) is 0 Å². The predicted molar refractivity (Wildman–Crippen MR) is 255 cm³/mol. The fraction of sp³-hybridized carbons (Fsp3) is 0.373. The van der Waals surface area contributed by atoms with Gasteiger partial charge in [0, 0.05) is 33.8 Å². The van der Waals surface area contributed by atoms with Crippen LogP contribution in [0.15, 0.2) is 95.4 Å². The molecule has 0 radical (unpaired) electrons. The fourth-order valence-corrected chi connectivity index (χ4v) is 11.9. The Labute approximate surface area is 347 Å². The second-order valence-electron chi connectivity index (χ2n) is 21.7. The zero-order valence-corrected chi connectivity index (χ0v) is 38.8. The molecular weight excluding hydrogens is 724 g/mol. The third-order valence-electron chi connectivity index (χ3n) is 13.5. The molecule has 3 nitrogen and oxygen atoms in total. The molecule has 2 aliphatic heterocycles. The Bertz CT molecular complexity index is 2710. The van der Waals surface area contributed by atoms with Gasteiger partial charge >= 0.3 is 0 Å². The van der Waals surface area contributed by atoms with E-state index in [4.69, 9.17) is 4.42 Å². The van der Waals surface area contributed by atoms with Crippen LogP contribution in [-0.2, 0) is 16.2 Å². The van der Waals surface area contributed by atoms with Crippen LogP contribution in [0.3, 0.4) is 0 Å². The zero-order chi connectivity index (χ0) is 42.5. The second-order valence-corrected chi connectivity index (χ2v) is 31.9. The standard InChI is InChI=1S/C51H61BN2OSi2/c1-32-27-43-46-44(28-32)54(35-18-22-37(23-19-35)57(12,13)14)47-38-29-33(49(2,3)4)15-24-45(38)55-48(47)52(46)41-30-39-40(51(7,8)26-25-50(39,5)6)31-42(41)53(43)34-16-20-36(21-17-34)56(9,10)11/h15-24,27-31H,25-26H2,1-14H3/i18D,19D. The van der Waals surface area contributed by atoms with E-state index in [1.807, 2.05) is 12.1 Å². The van der Waals surface area contributed by atoms with Crippen LogP contribution in [0.2, 0.25) is 39.3 Å². The molecule has 1 aliphatic carbocycles. The summed E-state index contributed by atoms with van der Waals surface area (Å²) in [7, 11) is -3.36. The van der Waals surface area contributed by atoms with Gasteiger partial charge in [-0.15, -0.1) is 0 Å². The van der Waals surface area contributed by atoms with Crippen LogP contribution in [0, 0.1) is 6.92 Å². The van der Waals surface area contributed by atoms with Gasteiger partial charge < -0.3 is 14.2 Å². The largest absolute Gasteiger partial charge is 0.468 e. The summed E-state index contributed by atoms with van der Waals surface area (Å²) in [6.45, 7) is 32.6.